The highest BCUT2D eigenvalue weighted by molar-refractivity contribution is 4.98. The van der Waals surface area contributed by atoms with Crippen molar-refractivity contribution < 1.29 is 49.7 Å². The van der Waals surface area contributed by atoms with Gasteiger partial charge in [-0.15, -0.1) is 0 Å². The van der Waals surface area contributed by atoms with Gasteiger partial charge in [0.25, 0.3) is 0 Å². The Morgan fingerprint density at radius 2 is 1.06 bits per heavy atom. The molecule has 16 heavy (non-hydrogen) atoms. The van der Waals surface area contributed by atoms with E-state index in [-0.39, 0.29) is 0 Å². The van der Waals surface area contributed by atoms with Crippen molar-refractivity contribution in [3.8, 4) is 0 Å². The Kier molecular flexibility index (Phi) is 3.49. The van der Waals surface area contributed by atoms with Gasteiger partial charge in [0.2, 0.25) is 6.10 Å². The van der Waals surface area contributed by atoms with E-state index in [1.807, 2.05) is 0 Å². The van der Waals surface area contributed by atoms with Crippen LogP contribution in [0, 0.1) is 0 Å². The average molecular weight is 266 g/mol. The number of hydrogen-bond donors (Lipinski definition) is 2. The largest absolute Gasteiger partial charge is 0.423 e. The highest BCUT2D eigenvalue weighted by Gasteiger charge is 2.77. The van der Waals surface area contributed by atoms with Gasteiger partial charge in [-0.05, 0) is 0 Å². The molecule has 0 bridgehead atoms. The normalized spacial score (nSPS) is 17.4. The lowest BCUT2D eigenvalue weighted by Crippen LogP contribution is -2.62. The molecule has 0 fully saturated rings. The molecule has 0 aromatic rings. The van der Waals surface area contributed by atoms with Crippen LogP contribution in [0.5, 0.6) is 0 Å². The van der Waals surface area contributed by atoms with E-state index < -0.39 is 30.2 Å². The molecule has 98 valence electrons. The lowest BCUT2D eigenvalue weighted by molar-refractivity contribution is -0.414. The van der Waals surface area contributed by atoms with Gasteiger partial charge in [-0.1, -0.05) is 0 Å². The first-order valence-corrected chi connectivity index (χ1v) is 3.26. The zero-order valence-corrected chi connectivity index (χ0v) is 6.87. The summed E-state index contributed by atoms with van der Waals surface area (Å²) in [6.45, 7) is 0. The third kappa shape index (κ3) is 2.34. The third-order valence-electron chi connectivity index (χ3n) is 1.45. The molecule has 0 radical (unpaired) electrons. The molecule has 0 aliphatic carbocycles. The number of aliphatic hydroxyl groups is 2. The molecule has 0 aromatic heterocycles. The van der Waals surface area contributed by atoms with Crippen molar-refractivity contribution in [2.75, 3.05) is 0 Å². The Balaban J connectivity index is 5.37. The molecule has 2 N–H and O–H groups in total. The number of rotatable bonds is 3. The summed E-state index contributed by atoms with van der Waals surface area (Å²) in [5.41, 5.74) is 0. The molecule has 0 saturated carbocycles. The second-order valence-electron chi connectivity index (χ2n) is 2.68. The Labute approximate surface area is 81.3 Å². The van der Waals surface area contributed by atoms with Crippen LogP contribution >= 0.6 is 0 Å². The Bertz CT molecular complexity index is 252. The molecule has 11 heteroatoms. The minimum Gasteiger partial charge on any atom is -0.379 e. The van der Waals surface area contributed by atoms with Gasteiger partial charge in [0.1, 0.15) is 0 Å². The van der Waals surface area contributed by atoms with E-state index in [4.69, 9.17) is 10.2 Å². The molecular formula is C5H3F9O2. The van der Waals surface area contributed by atoms with Crippen molar-refractivity contribution in [3.63, 3.8) is 0 Å². The van der Waals surface area contributed by atoms with Crippen LogP contribution in [0.3, 0.4) is 0 Å². The van der Waals surface area contributed by atoms with Crippen LogP contribution < -0.4 is 0 Å². The molecule has 1 unspecified atom stereocenters. The van der Waals surface area contributed by atoms with Crippen LogP contribution in [0.15, 0.2) is 0 Å². The molecular weight excluding hydrogens is 263 g/mol. The summed E-state index contributed by atoms with van der Waals surface area (Å²) < 4.78 is 106. The van der Waals surface area contributed by atoms with E-state index in [2.05, 4.69) is 0 Å². The number of alkyl halides is 9. The van der Waals surface area contributed by atoms with Crippen molar-refractivity contribution in [2.45, 2.75) is 30.2 Å². The van der Waals surface area contributed by atoms with Gasteiger partial charge < -0.3 is 10.2 Å². The fourth-order valence-corrected chi connectivity index (χ4v) is 0.578. The number of halogens is 9. The third-order valence-corrected chi connectivity index (χ3v) is 1.45. The predicted octanol–water partition coefficient (Wildman–Crippen LogP) is 1.77. The number of aliphatic hydroxyl groups excluding tert-OH is 1. The fraction of sp³-hybridized carbons (Fsp3) is 1.00. The smallest absolute Gasteiger partial charge is 0.379 e. The maximum atomic E-state index is 12.2. The molecule has 0 heterocycles. The lowest BCUT2D eigenvalue weighted by atomic mass is 10.0. The Hall–Kier alpha value is -0.710. The standard InChI is InChI=1S/C5H3F9O2/c6-2(7,1(15)3(8,9)10)4(11,12)5(13,14)16/h1,15-16H. The van der Waals surface area contributed by atoms with Gasteiger partial charge in [0.05, 0.1) is 0 Å². The topological polar surface area (TPSA) is 40.5 Å². The van der Waals surface area contributed by atoms with Crippen LogP contribution in [0.25, 0.3) is 0 Å². The van der Waals surface area contributed by atoms with Crippen LogP contribution in [0.4, 0.5) is 39.5 Å². The molecule has 0 spiro atoms. The van der Waals surface area contributed by atoms with E-state index in [1.54, 1.807) is 0 Å². The minimum atomic E-state index is -6.77. The van der Waals surface area contributed by atoms with E-state index in [0.717, 1.165) is 0 Å². The Morgan fingerprint density at radius 1 is 0.750 bits per heavy atom. The lowest BCUT2D eigenvalue weighted by Gasteiger charge is -2.32. The van der Waals surface area contributed by atoms with Crippen molar-refractivity contribution in [3.05, 3.63) is 0 Å². The van der Waals surface area contributed by atoms with Gasteiger partial charge in [-0.2, -0.15) is 39.5 Å². The molecule has 2 nitrogen and oxygen atoms in total. The molecule has 0 aromatic carbocycles. The predicted molar refractivity (Wildman–Crippen MR) is 29.1 cm³/mol. The van der Waals surface area contributed by atoms with E-state index in [1.165, 1.54) is 0 Å². The second kappa shape index (κ2) is 3.65. The van der Waals surface area contributed by atoms with Crippen LogP contribution in [-0.4, -0.2) is 40.4 Å². The molecule has 0 aliphatic rings. The van der Waals surface area contributed by atoms with Crippen molar-refractivity contribution >= 4 is 0 Å². The molecule has 0 aliphatic heterocycles. The average Bonchev–Trinajstić information content (AvgIpc) is 1.98. The summed E-state index contributed by atoms with van der Waals surface area (Å²) >= 11 is 0. The summed E-state index contributed by atoms with van der Waals surface area (Å²) in [5, 5.41) is 15.2. The molecule has 0 amide bonds. The summed E-state index contributed by atoms with van der Waals surface area (Å²) in [4.78, 5) is 0. The van der Waals surface area contributed by atoms with Gasteiger partial charge in [0, 0.05) is 0 Å². The number of hydrogen-bond acceptors (Lipinski definition) is 2. The van der Waals surface area contributed by atoms with Crippen molar-refractivity contribution in [2.24, 2.45) is 0 Å². The van der Waals surface area contributed by atoms with Crippen molar-refractivity contribution in [1.82, 2.24) is 0 Å². The first kappa shape index (κ1) is 15.3. The van der Waals surface area contributed by atoms with Gasteiger partial charge in [-0.25, -0.2) is 0 Å². The van der Waals surface area contributed by atoms with Crippen LogP contribution in [0.1, 0.15) is 0 Å². The first-order chi connectivity index (χ1) is 6.65. The van der Waals surface area contributed by atoms with Gasteiger partial charge in [-0.3, -0.25) is 0 Å². The second-order valence-corrected chi connectivity index (χ2v) is 2.68. The molecule has 0 rings (SSSR count). The summed E-state index contributed by atoms with van der Waals surface area (Å²) in [7, 11) is 0. The maximum absolute atomic E-state index is 12.2. The Morgan fingerprint density at radius 3 is 1.25 bits per heavy atom. The first-order valence-electron chi connectivity index (χ1n) is 3.26. The van der Waals surface area contributed by atoms with Crippen LogP contribution in [-0.2, 0) is 0 Å². The van der Waals surface area contributed by atoms with E-state index in [9.17, 15) is 39.5 Å². The summed E-state index contributed by atoms with van der Waals surface area (Å²) in [6.07, 6.45) is -17.7. The van der Waals surface area contributed by atoms with Gasteiger partial charge >= 0.3 is 24.1 Å². The zero-order chi connectivity index (χ0) is 13.6. The summed E-state index contributed by atoms with van der Waals surface area (Å²) in [5.74, 6) is -13.3. The minimum absolute atomic E-state index is 5.03. The SMILES string of the molecule is OC(C(F)(F)F)C(F)(F)C(F)(F)C(O)(F)F. The highest BCUT2D eigenvalue weighted by Crippen LogP contribution is 2.48. The summed E-state index contributed by atoms with van der Waals surface area (Å²) in [6, 6.07) is 0. The highest BCUT2D eigenvalue weighted by atomic mass is 19.4. The van der Waals surface area contributed by atoms with E-state index in [0.29, 0.717) is 0 Å². The molecule has 0 saturated heterocycles. The monoisotopic (exact) mass is 266 g/mol. The van der Waals surface area contributed by atoms with Gasteiger partial charge in [0.15, 0.2) is 0 Å². The quantitative estimate of drug-likeness (QED) is 0.764. The zero-order valence-electron chi connectivity index (χ0n) is 6.87. The van der Waals surface area contributed by atoms with Crippen LogP contribution in [0.2, 0.25) is 0 Å². The fourth-order valence-electron chi connectivity index (χ4n) is 0.578. The van der Waals surface area contributed by atoms with E-state index >= 15 is 0 Å². The van der Waals surface area contributed by atoms with Crippen molar-refractivity contribution in [1.29, 1.82) is 0 Å². The maximum Gasteiger partial charge on any atom is 0.423 e. The molecule has 1 atom stereocenters.